The molecule has 0 aliphatic rings. The highest BCUT2D eigenvalue weighted by Gasteiger charge is 2.07. The maximum atomic E-state index is 10.8. The molecule has 0 radical (unpaired) electrons. The van der Waals surface area contributed by atoms with Gasteiger partial charge in [0.1, 0.15) is 0 Å². The number of nitro benzene ring substituents is 1. The Morgan fingerprint density at radius 1 is 1.20 bits per heavy atom. The molecule has 0 fully saturated rings. The van der Waals surface area contributed by atoms with E-state index >= 15 is 0 Å². The zero-order valence-electron chi connectivity index (χ0n) is 16.5. The minimum atomic E-state index is -0.416. The standard InChI is InChI=1S/C19H23N7O3.HI/c1-29-12-4-10-20-19(21-13-15-6-8-16(9-7-15)26(27)28)22-14-18-24-23-17-5-2-3-11-25(17)18;/h2-3,5-9,11H,4,10,12-14H2,1H3,(H2,20,21,22);1H. The molecule has 1 aromatic carbocycles. The van der Waals surface area contributed by atoms with Crippen LogP contribution in [0.15, 0.2) is 53.7 Å². The molecule has 0 bridgehead atoms. The number of pyridine rings is 1. The minimum absolute atomic E-state index is 0. The fourth-order valence-corrected chi connectivity index (χ4v) is 2.67. The number of methoxy groups -OCH3 is 1. The summed E-state index contributed by atoms with van der Waals surface area (Å²) >= 11 is 0. The number of hydrogen-bond donors (Lipinski definition) is 2. The van der Waals surface area contributed by atoms with Crippen molar-refractivity contribution >= 4 is 41.3 Å². The van der Waals surface area contributed by atoms with Gasteiger partial charge >= 0.3 is 0 Å². The molecule has 3 rings (SSSR count). The van der Waals surface area contributed by atoms with Crippen LogP contribution in [0.4, 0.5) is 5.69 Å². The molecule has 160 valence electrons. The van der Waals surface area contributed by atoms with Crippen molar-refractivity contribution in [3.8, 4) is 0 Å². The van der Waals surface area contributed by atoms with Crippen molar-refractivity contribution in [1.82, 2.24) is 25.2 Å². The van der Waals surface area contributed by atoms with Gasteiger partial charge in [-0.15, -0.1) is 34.2 Å². The van der Waals surface area contributed by atoms with Crippen LogP contribution in [-0.4, -0.2) is 45.7 Å². The summed E-state index contributed by atoms with van der Waals surface area (Å²) in [6, 6.07) is 12.1. The molecule has 2 N–H and O–H groups in total. The fourth-order valence-electron chi connectivity index (χ4n) is 2.67. The van der Waals surface area contributed by atoms with E-state index in [1.165, 1.54) is 12.1 Å². The first-order valence-corrected chi connectivity index (χ1v) is 9.20. The van der Waals surface area contributed by atoms with E-state index in [1.54, 1.807) is 19.2 Å². The van der Waals surface area contributed by atoms with E-state index in [0.717, 1.165) is 23.5 Å². The average molecular weight is 525 g/mol. The van der Waals surface area contributed by atoms with Crippen molar-refractivity contribution in [2.24, 2.45) is 4.99 Å². The predicted molar refractivity (Wildman–Crippen MR) is 124 cm³/mol. The maximum Gasteiger partial charge on any atom is 0.269 e. The van der Waals surface area contributed by atoms with Gasteiger partial charge in [-0.1, -0.05) is 18.2 Å². The summed E-state index contributed by atoms with van der Waals surface area (Å²) < 4.78 is 6.98. The van der Waals surface area contributed by atoms with Crippen LogP contribution in [0.3, 0.4) is 0 Å². The van der Waals surface area contributed by atoms with Crippen molar-refractivity contribution in [2.75, 3.05) is 20.3 Å². The fraction of sp³-hybridized carbons (Fsp3) is 0.316. The summed E-state index contributed by atoms with van der Waals surface area (Å²) in [4.78, 5) is 14.9. The van der Waals surface area contributed by atoms with Gasteiger partial charge in [0.15, 0.2) is 17.4 Å². The third-order valence-corrected chi connectivity index (χ3v) is 4.18. The lowest BCUT2D eigenvalue weighted by Gasteiger charge is -2.12. The Labute approximate surface area is 190 Å². The minimum Gasteiger partial charge on any atom is -0.385 e. The van der Waals surface area contributed by atoms with Crippen molar-refractivity contribution in [3.63, 3.8) is 0 Å². The molecule has 0 aliphatic carbocycles. The van der Waals surface area contributed by atoms with Crippen LogP contribution < -0.4 is 10.6 Å². The Morgan fingerprint density at radius 3 is 2.73 bits per heavy atom. The van der Waals surface area contributed by atoms with Gasteiger partial charge in [0.05, 0.1) is 18.0 Å². The Bertz CT molecular complexity index is 976. The van der Waals surface area contributed by atoms with E-state index in [-0.39, 0.29) is 29.7 Å². The Balaban J connectivity index is 0.00000320. The van der Waals surface area contributed by atoms with Crippen molar-refractivity contribution in [3.05, 3.63) is 70.2 Å². The summed E-state index contributed by atoms with van der Waals surface area (Å²) in [7, 11) is 1.66. The second-order valence-electron chi connectivity index (χ2n) is 6.26. The van der Waals surface area contributed by atoms with E-state index in [9.17, 15) is 10.1 Å². The van der Waals surface area contributed by atoms with E-state index < -0.39 is 4.92 Å². The van der Waals surface area contributed by atoms with Crippen molar-refractivity contribution < 1.29 is 9.66 Å². The Hall–Kier alpha value is -2.80. The molecule has 11 heteroatoms. The quantitative estimate of drug-likeness (QED) is 0.110. The molecule has 30 heavy (non-hydrogen) atoms. The average Bonchev–Trinajstić information content (AvgIpc) is 3.16. The summed E-state index contributed by atoms with van der Waals surface area (Å²) in [5.41, 5.74) is 1.72. The number of aliphatic imine (C=N–C) groups is 1. The molecular weight excluding hydrogens is 501 g/mol. The number of halogens is 1. The van der Waals surface area contributed by atoms with Crippen LogP contribution in [0.2, 0.25) is 0 Å². The highest BCUT2D eigenvalue weighted by molar-refractivity contribution is 14.0. The van der Waals surface area contributed by atoms with E-state index in [4.69, 9.17) is 4.74 Å². The number of hydrogen-bond acceptors (Lipinski definition) is 6. The van der Waals surface area contributed by atoms with Crippen LogP contribution in [0.1, 0.15) is 17.8 Å². The molecule has 0 saturated heterocycles. The van der Waals surface area contributed by atoms with Gasteiger partial charge in [0, 0.05) is 38.6 Å². The number of aromatic nitrogens is 3. The van der Waals surface area contributed by atoms with E-state index in [1.807, 2.05) is 28.8 Å². The van der Waals surface area contributed by atoms with Gasteiger partial charge in [0.2, 0.25) is 0 Å². The Kier molecular flexibility index (Phi) is 9.41. The number of nitro groups is 1. The first kappa shape index (κ1) is 23.5. The van der Waals surface area contributed by atoms with Gasteiger partial charge in [-0.25, -0.2) is 4.99 Å². The number of fused-ring (bicyclic) bond motifs is 1. The lowest BCUT2D eigenvalue weighted by atomic mass is 10.2. The topological polar surface area (TPSA) is 119 Å². The molecule has 0 atom stereocenters. The van der Waals surface area contributed by atoms with Crippen LogP contribution in [-0.2, 0) is 17.8 Å². The summed E-state index contributed by atoms with van der Waals surface area (Å²) in [5, 5.41) is 25.6. The number of ether oxygens (including phenoxy) is 1. The van der Waals surface area contributed by atoms with Crippen LogP contribution >= 0.6 is 24.0 Å². The van der Waals surface area contributed by atoms with Crippen molar-refractivity contribution in [1.29, 1.82) is 0 Å². The SMILES string of the molecule is COCCCNC(=NCc1ccc([N+](=O)[O-])cc1)NCc1nnc2ccccn12.I. The number of guanidine groups is 1. The molecule has 3 aromatic rings. The first-order chi connectivity index (χ1) is 14.2. The number of non-ortho nitro benzene ring substituents is 1. The van der Waals surface area contributed by atoms with Gasteiger partial charge in [0.25, 0.3) is 5.69 Å². The predicted octanol–water partition coefficient (Wildman–Crippen LogP) is 2.53. The number of nitrogens with zero attached hydrogens (tertiary/aromatic N) is 5. The molecule has 0 spiro atoms. The highest BCUT2D eigenvalue weighted by Crippen LogP contribution is 2.12. The second kappa shape index (κ2) is 12.0. The van der Waals surface area contributed by atoms with Gasteiger partial charge < -0.3 is 15.4 Å². The van der Waals surface area contributed by atoms with Gasteiger partial charge in [-0.2, -0.15) is 0 Å². The molecular formula is C19H24IN7O3. The molecule has 0 saturated carbocycles. The van der Waals surface area contributed by atoms with E-state index in [2.05, 4.69) is 25.8 Å². The molecule has 2 heterocycles. The summed E-state index contributed by atoms with van der Waals surface area (Å²) in [5.74, 6) is 1.38. The number of nitrogens with one attached hydrogen (secondary N) is 2. The maximum absolute atomic E-state index is 10.8. The molecule has 10 nitrogen and oxygen atoms in total. The lowest BCUT2D eigenvalue weighted by Crippen LogP contribution is -2.38. The number of benzene rings is 1. The number of rotatable bonds is 9. The Morgan fingerprint density at radius 2 is 2.00 bits per heavy atom. The molecule has 0 unspecified atom stereocenters. The van der Waals surface area contributed by atoms with Crippen LogP contribution in [0.5, 0.6) is 0 Å². The van der Waals surface area contributed by atoms with Gasteiger partial charge in [-0.3, -0.25) is 14.5 Å². The first-order valence-electron chi connectivity index (χ1n) is 9.20. The smallest absolute Gasteiger partial charge is 0.269 e. The lowest BCUT2D eigenvalue weighted by molar-refractivity contribution is -0.384. The van der Waals surface area contributed by atoms with Crippen LogP contribution in [0.25, 0.3) is 5.65 Å². The third-order valence-electron chi connectivity index (χ3n) is 4.18. The monoisotopic (exact) mass is 525 g/mol. The zero-order chi connectivity index (χ0) is 20.5. The molecule has 0 aliphatic heterocycles. The normalized spacial score (nSPS) is 11.2. The van der Waals surface area contributed by atoms with Gasteiger partial charge in [-0.05, 0) is 24.1 Å². The van der Waals surface area contributed by atoms with E-state index in [0.29, 0.717) is 32.2 Å². The van der Waals surface area contributed by atoms with Crippen LogP contribution in [0, 0.1) is 10.1 Å². The largest absolute Gasteiger partial charge is 0.385 e. The summed E-state index contributed by atoms with van der Waals surface area (Å²) in [6.07, 6.45) is 2.74. The van der Waals surface area contributed by atoms with Crippen molar-refractivity contribution in [2.45, 2.75) is 19.5 Å². The zero-order valence-corrected chi connectivity index (χ0v) is 18.9. The molecule has 0 amide bonds. The highest BCUT2D eigenvalue weighted by atomic mass is 127. The molecule has 2 aromatic heterocycles. The second-order valence-corrected chi connectivity index (χ2v) is 6.26. The third kappa shape index (κ3) is 6.62. The summed E-state index contributed by atoms with van der Waals surface area (Å²) in [6.45, 7) is 2.18.